The molecule has 5 rings (SSSR count). The predicted molar refractivity (Wildman–Crippen MR) is 138 cm³/mol. The third-order valence-corrected chi connectivity index (χ3v) is 6.79. The molecular weight excluding hydrogens is 460 g/mol. The normalized spacial score (nSPS) is 12.1. The molecule has 35 heavy (non-hydrogen) atoms. The lowest BCUT2D eigenvalue weighted by Gasteiger charge is -2.15. The SMILES string of the molecule is Cc1ccc2nc(-c3ccc(NC(=O)C(C)n4nc(-n5nc(C)cc5C)ccc4=O)cc3)sc2c1. The van der Waals surface area contributed by atoms with E-state index in [2.05, 4.69) is 34.6 Å². The van der Waals surface area contributed by atoms with Crippen molar-refractivity contribution in [2.75, 3.05) is 5.32 Å². The van der Waals surface area contributed by atoms with Crippen molar-refractivity contribution < 1.29 is 4.79 Å². The summed E-state index contributed by atoms with van der Waals surface area (Å²) < 4.78 is 3.98. The average molecular weight is 485 g/mol. The zero-order valence-corrected chi connectivity index (χ0v) is 20.6. The van der Waals surface area contributed by atoms with Gasteiger partial charge < -0.3 is 5.32 Å². The fraction of sp³-hybridized carbons (Fsp3) is 0.192. The molecule has 3 heterocycles. The van der Waals surface area contributed by atoms with E-state index in [0.29, 0.717) is 11.5 Å². The van der Waals surface area contributed by atoms with Crippen molar-refractivity contribution in [1.29, 1.82) is 0 Å². The van der Waals surface area contributed by atoms with Gasteiger partial charge in [0.15, 0.2) is 5.82 Å². The molecule has 0 spiro atoms. The molecular formula is C26H24N6O2S. The predicted octanol–water partition coefficient (Wildman–Crippen LogP) is 4.83. The van der Waals surface area contributed by atoms with Crippen molar-refractivity contribution in [3.8, 4) is 16.4 Å². The molecule has 0 saturated carbocycles. The summed E-state index contributed by atoms with van der Waals surface area (Å²) in [5.41, 5.74) is 5.16. The number of aromatic nitrogens is 5. The van der Waals surface area contributed by atoms with Crippen LogP contribution in [0.25, 0.3) is 26.6 Å². The van der Waals surface area contributed by atoms with Gasteiger partial charge in [0.2, 0.25) is 5.91 Å². The maximum absolute atomic E-state index is 12.9. The van der Waals surface area contributed by atoms with Crippen LogP contribution >= 0.6 is 11.3 Å². The lowest BCUT2D eigenvalue weighted by atomic mass is 10.2. The molecule has 0 saturated heterocycles. The largest absolute Gasteiger partial charge is 0.324 e. The highest BCUT2D eigenvalue weighted by Gasteiger charge is 2.19. The smallest absolute Gasteiger partial charge is 0.267 e. The van der Waals surface area contributed by atoms with Crippen LogP contribution in [0, 0.1) is 20.8 Å². The van der Waals surface area contributed by atoms with Crippen LogP contribution in [0.3, 0.4) is 0 Å². The third kappa shape index (κ3) is 4.50. The second kappa shape index (κ2) is 8.92. The van der Waals surface area contributed by atoms with Gasteiger partial charge in [-0.2, -0.15) is 5.10 Å². The topological polar surface area (TPSA) is 94.7 Å². The van der Waals surface area contributed by atoms with Gasteiger partial charge in [-0.05, 0) is 81.8 Å². The Bertz CT molecular complexity index is 1610. The Kier molecular flexibility index (Phi) is 5.78. The molecule has 1 unspecified atom stereocenters. The van der Waals surface area contributed by atoms with Gasteiger partial charge >= 0.3 is 0 Å². The van der Waals surface area contributed by atoms with Crippen LogP contribution < -0.4 is 10.9 Å². The van der Waals surface area contributed by atoms with Crippen molar-refractivity contribution in [3.63, 3.8) is 0 Å². The van der Waals surface area contributed by atoms with E-state index in [-0.39, 0.29) is 11.5 Å². The fourth-order valence-electron chi connectivity index (χ4n) is 3.88. The van der Waals surface area contributed by atoms with E-state index in [1.54, 1.807) is 29.0 Å². The van der Waals surface area contributed by atoms with Crippen molar-refractivity contribution in [3.05, 3.63) is 88.0 Å². The van der Waals surface area contributed by atoms with Gasteiger partial charge in [-0.1, -0.05) is 6.07 Å². The molecule has 1 amide bonds. The Hall–Kier alpha value is -4.11. The Morgan fingerprint density at radius 3 is 2.46 bits per heavy atom. The van der Waals surface area contributed by atoms with Crippen LogP contribution in [0.1, 0.15) is 29.9 Å². The molecule has 3 aromatic heterocycles. The Morgan fingerprint density at radius 1 is 0.971 bits per heavy atom. The monoisotopic (exact) mass is 484 g/mol. The summed E-state index contributed by atoms with van der Waals surface area (Å²) in [5.74, 6) is 0.138. The second-order valence-corrected chi connectivity index (χ2v) is 9.58. The van der Waals surface area contributed by atoms with Crippen LogP contribution in [0.4, 0.5) is 5.69 Å². The molecule has 2 aromatic carbocycles. The summed E-state index contributed by atoms with van der Waals surface area (Å²) in [4.78, 5) is 30.1. The summed E-state index contributed by atoms with van der Waals surface area (Å²) in [6, 6.07) is 17.8. The number of aryl methyl sites for hydroxylation is 3. The number of rotatable bonds is 5. The minimum Gasteiger partial charge on any atom is -0.324 e. The van der Waals surface area contributed by atoms with Gasteiger partial charge in [-0.25, -0.2) is 14.3 Å². The number of fused-ring (bicyclic) bond motifs is 1. The zero-order chi connectivity index (χ0) is 24.7. The quantitative estimate of drug-likeness (QED) is 0.386. The lowest BCUT2D eigenvalue weighted by molar-refractivity contribution is -0.119. The molecule has 0 radical (unpaired) electrons. The van der Waals surface area contributed by atoms with E-state index in [1.807, 2.05) is 50.2 Å². The third-order valence-electron chi connectivity index (χ3n) is 5.73. The van der Waals surface area contributed by atoms with Gasteiger partial charge in [0.05, 0.1) is 15.9 Å². The van der Waals surface area contributed by atoms with Gasteiger partial charge in [-0.3, -0.25) is 9.59 Å². The van der Waals surface area contributed by atoms with E-state index in [0.717, 1.165) is 32.2 Å². The van der Waals surface area contributed by atoms with Crippen LogP contribution in [0.5, 0.6) is 0 Å². The molecule has 8 nitrogen and oxygen atoms in total. The average Bonchev–Trinajstić information content (AvgIpc) is 3.41. The van der Waals surface area contributed by atoms with Crippen molar-refractivity contribution in [1.82, 2.24) is 24.5 Å². The molecule has 9 heteroatoms. The Labute approximate surface area is 205 Å². The molecule has 5 aromatic rings. The van der Waals surface area contributed by atoms with Crippen molar-refractivity contribution >= 4 is 33.1 Å². The number of anilines is 1. The number of carbonyl (C=O) groups excluding carboxylic acids is 1. The van der Waals surface area contributed by atoms with Gasteiger partial charge in [0.1, 0.15) is 11.0 Å². The number of hydrogen-bond acceptors (Lipinski definition) is 6. The van der Waals surface area contributed by atoms with Crippen LogP contribution in [-0.4, -0.2) is 30.5 Å². The minimum atomic E-state index is -0.813. The lowest BCUT2D eigenvalue weighted by Crippen LogP contribution is -2.33. The second-order valence-electron chi connectivity index (χ2n) is 8.55. The van der Waals surface area contributed by atoms with Gasteiger partial charge in [0.25, 0.3) is 5.56 Å². The Morgan fingerprint density at radius 2 is 1.74 bits per heavy atom. The number of hydrogen-bond donors (Lipinski definition) is 1. The van der Waals surface area contributed by atoms with Gasteiger partial charge in [0, 0.05) is 23.0 Å². The first-order valence-corrected chi connectivity index (χ1v) is 12.0. The first-order valence-electron chi connectivity index (χ1n) is 11.2. The van der Waals surface area contributed by atoms with E-state index in [1.165, 1.54) is 16.3 Å². The summed E-state index contributed by atoms with van der Waals surface area (Å²) in [5, 5.41) is 12.6. The maximum Gasteiger partial charge on any atom is 0.267 e. The number of thiazole rings is 1. The number of benzene rings is 2. The summed E-state index contributed by atoms with van der Waals surface area (Å²) >= 11 is 1.64. The number of nitrogens with zero attached hydrogens (tertiary/aromatic N) is 5. The molecule has 0 aliphatic heterocycles. The number of carbonyl (C=O) groups is 1. The molecule has 1 N–H and O–H groups in total. The highest BCUT2D eigenvalue weighted by molar-refractivity contribution is 7.21. The van der Waals surface area contributed by atoms with Crippen LogP contribution in [-0.2, 0) is 4.79 Å². The Balaban J connectivity index is 1.34. The van der Waals surface area contributed by atoms with E-state index >= 15 is 0 Å². The molecule has 176 valence electrons. The van der Waals surface area contributed by atoms with E-state index in [4.69, 9.17) is 4.98 Å². The molecule has 0 aliphatic rings. The van der Waals surface area contributed by atoms with Crippen LogP contribution in [0.15, 0.2) is 65.5 Å². The summed E-state index contributed by atoms with van der Waals surface area (Å²) in [7, 11) is 0. The van der Waals surface area contributed by atoms with E-state index < -0.39 is 6.04 Å². The van der Waals surface area contributed by atoms with Crippen LogP contribution in [0.2, 0.25) is 0 Å². The molecule has 0 fully saturated rings. The molecule has 0 aliphatic carbocycles. The summed E-state index contributed by atoms with van der Waals surface area (Å²) in [6.07, 6.45) is 0. The zero-order valence-electron chi connectivity index (χ0n) is 19.8. The number of nitrogens with one attached hydrogen (secondary N) is 1. The van der Waals surface area contributed by atoms with Crippen molar-refractivity contribution in [2.45, 2.75) is 33.7 Å². The highest BCUT2D eigenvalue weighted by Crippen LogP contribution is 2.31. The number of amides is 1. The summed E-state index contributed by atoms with van der Waals surface area (Å²) in [6.45, 7) is 7.51. The first-order chi connectivity index (χ1) is 16.8. The fourth-order valence-corrected chi connectivity index (χ4v) is 4.94. The minimum absolute atomic E-state index is 0.340. The van der Waals surface area contributed by atoms with Gasteiger partial charge in [-0.15, -0.1) is 16.4 Å². The molecule has 0 bridgehead atoms. The standard InChI is InChI=1S/C26H24N6O2S/c1-15-5-10-21-22(13-15)35-26(28-21)19-6-8-20(9-7-19)27-25(34)18(4)32-24(33)12-11-23(30-32)31-17(3)14-16(2)29-31/h5-14,18H,1-4H3,(H,27,34). The first kappa shape index (κ1) is 22.7. The highest BCUT2D eigenvalue weighted by atomic mass is 32.1. The molecule has 1 atom stereocenters. The maximum atomic E-state index is 12.9. The van der Waals surface area contributed by atoms with Crippen molar-refractivity contribution in [2.24, 2.45) is 0 Å². The van der Waals surface area contributed by atoms with E-state index in [9.17, 15) is 9.59 Å².